The average molecular weight is 299 g/mol. The van der Waals surface area contributed by atoms with Crippen molar-refractivity contribution in [1.29, 1.82) is 0 Å². The van der Waals surface area contributed by atoms with Gasteiger partial charge in [0.25, 0.3) is 0 Å². The van der Waals surface area contributed by atoms with Gasteiger partial charge >= 0.3 is 0 Å². The predicted molar refractivity (Wildman–Crippen MR) is 78.1 cm³/mol. The van der Waals surface area contributed by atoms with Crippen LogP contribution in [0.5, 0.6) is 0 Å². The molecular formula is C17H15Br. The molecule has 0 N–H and O–H groups in total. The summed E-state index contributed by atoms with van der Waals surface area (Å²) in [5, 5.41) is 0. The minimum atomic E-state index is 0.249. The van der Waals surface area contributed by atoms with Crippen LogP contribution in [-0.4, -0.2) is 0 Å². The maximum Gasteiger partial charge on any atom is 0.0464 e. The van der Waals surface area contributed by atoms with E-state index in [2.05, 4.69) is 77.5 Å². The fraction of sp³-hybridized carbons (Fsp3) is 0.294. The third-order valence-corrected chi connectivity index (χ3v) is 6.51. The van der Waals surface area contributed by atoms with E-state index in [9.17, 15) is 0 Å². The zero-order valence-electron chi connectivity index (χ0n) is 10.4. The Labute approximate surface area is 116 Å². The topological polar surface area (TPSA) is 0 Å². The summed E-state index contributed by atoms with van der Waals surface area (Å²) in [6.45, 7) is 2.42. The van der Waals surface area contributed by atoms with Crippen LogP contribution in [0.1, 0.15) is 34.9 Å². The van der Waals surface area contributed by atoms with Crippen LogP contribution in [0.15, 0.2) is 54.6 Å². The molecule has 0 nitrogen and oxygen atoms in total. The second kappa shape index (κ2) is 3.27. The fourth-order valence-corrected chi connectivity index (χ4v) is 4.93. The average Bonchev–Trinajstić information content (AvgIpc) is 3.03. The minimum Gasteiger partial charge on any atom is -0.0832 e. The maximum atomic E-state index is 3.93. The Kier molecular flexibility index (Phi) is 1.96. The SMILES string of the molecule is C[C@]12C[C@@]1(c1ccccc1)c1ccccc1[C@H]2Br. The summed E-state index contributed by atoms with van der Waals surface area (Å²) in [5.74, 6) is 0. The van der Waals surface area contributed by atoms with Gasteiger partial charge in [0.1, 0.15) is 0 Å². The molecule has 3 atom stereocenters. The van der Waals surface area contributed by atoms with Gasteiger partial charge in [0.15, 0.2) is 0 Å². The van der Waals surface area contributed by atoms with E-state index in [0.29, 0.717) is 10.2 Å². The molecule has 90 valence electrons. The van der Waals surface area contributed by atoms with Crippen LogP contribution in [0.25, 0.3) is 0 Å². The molecule has 0 heterocycles. The van der Waals surface area contributed by atoms with Crippen LogP contribution >= 0.6 is 15.9 Å². The maximum absolute atomic E-state index is 3.93. The number of fused-ring (bicyclic) bond motifs is 3. The van der Waals surface area contributed by atoms with E-state index in [1.807, 2.05) is 0 Å². The van der Waals surface area contributed by atoms with Crippen molar-refractivity contribution in [3.8, 4) is 0 Å². The van der Waals surface area contributed by atoms with Crippen LogP contribution in [0.2, 0.25) is 0 Å². The summed E-state index contributed by atoms with van der Waals surface area (Å²) >= 11 is 3.93. The highest BCUT2D eigenvalue weighted by Crippen LogP contribution is 2.79. The highest BCUT2D eigenvalue weighted by molar-refractivity contribution is 9.09. The molecule has 0 aliphatic heterocycles. The standard InChI is InChI=1S/C17H15Br/c1-16-11-17(16,12-7-3-2-4-8-12)14-10-6-5-9-13(14)15(16)18/h2-10,15H,11H2,1H3/t15-,16-,17-/m1/s1. The molecule has 1 fully saturated rings. The molecule has 2 aliphatic rings. The normalized spacial score (nSPS) is 36.0. The zero-order valence-corrected chi connectivity index (χ0v) is 11.9. The van der Waals surface area contributed by atoms with Gasteiger partial charge in [0.05, 0.1) is 0 Å². The minimum absolute atomic E-state index is 0.249. The molecule has 2 aliphatic carbocycles. The lowest BCUT2D eigenvalue weighted by atomic mass is 9.86. The van der Waals surface area contributed by atoms with E-state index in [-0.39, 0.29) is 5.41 Å². The van der Waals surface area contributed by atoms with Crippen molar-refractivity contribution < 1.29 is 0 Å². The Balaban J connectivity index is 1.99. The van der Waals surface area contributed by atoms with Gasteiger partial charge in [-0.05, 0) is 28.5 Å². The van der Waals surface area contributed by atoms with Crippen molar-refractivity contribution in [3.63, 3.8) is 0 Å². The number of halogens is 1. The van der Waals surface area contributed by atoms with Gasteiger partial charge in [-0.15, -0.1) is 0 Å². The molecule has 0 unspecified atom stereocenters. The van der Waals surface area contributed by atoms with Gasteiger partial charge in [0, 0.05) is 10.2 Å². The first kappa shape index (κ1) is 10.8. The summed E-state index contributed by atoms with van der Waals surface area (Å²) < 4.78 is 0. The van der Waals surface area contributed by atoms with E-state index < -0.39 is 0 Å². The number of rotatable bonds is 1. The van der Waals surface area contributed by atoms with Crippen LogP contribution in [0, 0.1) is 5.41 Å². The fourth-order valence-electron chi connectivity index (χ4n) is 3.98. The van der Waals surface area contributed by atoms with E-state index in [0.717, 1.165) is 0 Å². The Morgan fingerprint density at radius 2 is 1.67 bits per heavy atom. The third-order valence-electron chi connectivity index (χ3n) is 5.00. The summed E-state index contributed by atoms with van der Waals surface area (Å²) in [6, 6.07) is 19.9. The molecule has 0 amide bonds. The summed E-state index contributed by atoms with van der Waals surface area (Å²) in [6.07, 6.45) is 1.26. The Hall–Kier alpha value is -1.08. The number of hydrogen-bond donors (Lipinski definition) is 0. The molecule has 18 heavy (non-hydrogen) atoms. The molecule has 4 rings (SSSR count). The zero-order chi connectivity index (χ0) is 12.4. The van der Waals surface area contributed by atoms with Gasteiger partial charge in [-0.2, -0.15) is 0 Å². The molecule has 1 saturated carbocycles. The van der Waals surface area contributed by atoms with E-state index in [4.69, 9.17) is 0 Å². The lowest BCUT2D eigenvalue weighted by Gasteiger charge is -2.18. The van der Waals surface area contributed by atoms with Gasteiger partial charge < -0.3 is 0 Å². The Morgan fingerprint density at radius 1 is 1.00 bits per heavy atom. The second-order valence-electron chi connectivity index (χ2n) is 5.82. The molecular weight excluding hydrogens is 284 g/mol. The molecule has 0 bridgehead atoms. The molecule has 1 heteroatoms. The van der Waals surface area contributed by atoms with Crippen molar-refractivity contribution in [1.82, 2.24) is 0 Å². The summed E-state index contributed by atoms with van der Waals surface area (Å²) in [4.78, 5) is 0.487. The lowest BCUT2D eigenvalue weighted by molar-refractivity contribution is 0.530. The molecule has 2 aromatic rings. The molecule has 0 saturated heterocycles. The van der Waals surface area contributed by atoms with E-state index in [1.54, 1.807) is 0 Å². The Morgan fingerprint density at radius 3 is 2.44 bits per heavy atom. The quantitative estimate of drug-likeness (QED) is 0.661. The third kappa shape index (κ3) is 1.03. The highest BCUT2D eigenvalue weighted by Gasteiger charge is 2.73. The van der Waals surface area contributed by atoms with Crippen LogP contribution in [-0.2, 0) is 5.41 Å². The van der Waals surface area contributed by atoms with Crippen molar-refractivity contribution in [2.75, 3.05) is 0 Å². The lowest BCUT2D eigenvalue weighted by Crippen LogP contribution is -2.13. The number of hydrogen-bond acceptors (Lipinski definition) is 0. The van der Waals surface area contributed by atoms with E-state index >= 15 is 0 Å². The number of benzene rings is 2. The second-order valence-corrected chi connectivity index (χ2v) is 6.73. The first-order valence-electron chi connectivity index (χ1n) is 6.49. The van der Waals surface area contributed by atoms with Gasteiger partial charge in [-0.3, -0.25) is 0 Å². The number of alkyl halides is 1. The van der Waals surface area contributed by atoms with Crippen LogP contribution in [0.3, 0.4) is 0 Å². The van der Waals surface area contributed by atoms with Gasteiger partial charge in [-0.1, -0.05) is 77.5 Å². The smallest absolute Gasteiger partial charge is 0.0464 e. The van der Waals surface area contributed by atoms with Gasteiger partial charge in [-0.25, -0.2) is 0 Å². The van der Waals surface area contributed by atoms with E-state index in [1.165, 1.54) is 23.1 Å². The largest absolute Gasteiger partial charge is 0.0832 e. The molecule has 0 radical (unpaired) electrons. The highest BCUT2D eigenvalue weighted by atomic mass is 79.9. The molecule has 2 aromatic carbocycles. The van der Waals surface area contributed by atoms with Crippen LogP contribution < -0.4 is 0 Å². The Bertz CT molecular complexity index is 619. The molecule has 0 spiro atoms. The predicted octanol–water partition coefficient (Wildman–Crippen LogP) is 4.83. The van der Waals surface area contributed by atoms with Crippen molar-refractivity contribution in [2.24, 2.45) is 5.41 Å². The monoisotopic (exact) mass is 298 g/mol. The van der Waals surface area contributed by atoms with Gasteiger partial charge in [0.2, 0.25) is 0 Å². The first-order chi connectivity index (χ1) is 8.70. The van der Waals surface area contributed by atoms with Crippen LogP contribution in [0.4, 0.5) is 0 Å². The molecule has 0 aromatic heterocycles. The van der Waals surface area contributed by atoms with Crippen molar-refractivity contribution >= 4 is 15.9 Å². The first-order valence-corrected chi connectivity index (χ1v) is 7.41. The van der Waals surface area contributed by atoms with Crippen molar-refractivity contribution in [3.05, 3.63) is 71.3 Å². The summed E-state index contributed by atoms with van der Waals surface area (Å²) in [5.41, 5.74) is 5.08. The summed E-state index contributed by atoms with van der Waals surface area (Å²) in [7, 11) is 0. The van der Waals surface area contributed by atoms with Crippen molar-refractivity contribution in [2.45, 2.75) is 23.6 Å².